The third kappa shape index (κ3) is 3.92. The molecule has 0 fully saturated rings. The molecule has 2 N–H and O–H groups in total. The number of rotatable bonds is 5. The van der Waals surface area contributed by atoms with Crippen LogP contribution in [0, 0.1) is 13.8 Å². The van der Waals surface area contributed by atoms with E-state index in [-0.39, 0.29) is 10.8 Å². The Labute approximate surface area is 151 Å². The van der Waals surface area contributed by atoms with Gasteiger partial charge in [0.05, 0.1) is 11.1 Å². The number of aryl methyl sites for hydroxylation is 2. The number of carbonyl (C=O) groups is 1. The van der Waals surface area contributed by atoms with Gasteiger partial charge in [0.25, 0.3) is 15.9 Å². The molecule has 8 heteroatoms. The summed E-state index contributed by atoms with van der Waals surface area (Å²) in [4.78, 5) is 12.3. The van der Waals surface area contributed by atoms with E-state index in [0.29, 0.717) is 22.7 Å². The average Bonchev–Trinajstić information content (AvgIpc) is 3.03. The summed E-state index contributed by atoms with van der Waals surface area (Å²) in [5.41, 5.74) is 2.24. The molecule has 0 unspecified atom stereocenters. The zero-order valence-electron chi connectivity index (χ0n) is 14.2. The molecular weight excluding hydrogens is 354 g/mol. The third-order valence-corrected chi connectivity index (χ3v) is 5.12. The molecule has 2 aromatic carbocycles. The van der Waals surface area contributed by atoms with Crippen LogP contribution in [0.3, 0.4) is 0 Å². The number of nitrogens with one attached hydrogen (secondary N) is 2. The third-order valence-electron chi connectivity index (χ3n) is 3.72. The molecule has 0 spiro atoms. The lowest BCUT2D eigenvalue weighted by molar-refractivity contribution is 0.102. The SMILES string of the molecule is Cc1ccc(S(=O)(=O)Nc2ccc(NC(=O)c3cnoc3C)cc2)cc1. The first kappa shape index (κ1) is 17.7. The van der Waals surface area contributed by atoms with Gasteiger partial charge in [0.1, 0.15) is 11.3 Å². The van der Waals surface area contributed by atoms with Crippen LogP contribution < -0.4 is 10.0 Å². The van der Waals surface area contributed by atoms with Gasteiger partial charge in [-0.25, -0.2) is 8.42 Å². The lowest BCUT2D eigenvalue weighted by atomic mass is 10.2. The summed E-state index contributed by atoms with van der Waals surface area (Å²) < 4.78 is 32.1. The Balaban J connectivity index is 1.70. The molecule has 3 rings (SSSR count). The van der Waals surface area contributed by atoms with Crippen LogP contribution in [0.1, 0.15) is 21.7 Å². The van der Waals surface area contributed by atoms with Crippen molar-refractivity contribution in [3.63, 3.8) is 0 Å². The molecule has 1 aromatic heterocycles. The minimum atomic E-state index is -3.67. The normalized spacial score (nSPS) is 11.2. The molecular formula is C18H17N3O4S. The van der Waals surface area contributed by atoms with Gasteiger partial charge in [0.15, 0.2) is 0 Å². The fourth-order valence-electron chi connectivity index (χ4n) is 2.27. The maximum Gasteiger partial charge on any atom is 0.261 e. The van der Waals surface area contributed by atoms with Crippen molar-refractivity contribution >= 4 is 27.3 Å². The highest BCUT2D eigenvalue weighted by Crippen LogP contribution is 2.19. The predicted octanol–water partition coefficient (Wildman–Crippen LogP) is 3.34. The number of benzene rings is 2. The molecule has 0 radical (unpaired) electrons. The van der Waals surface area contributed by atoms with Gasteiger partial charge in [-0.15, -0.1) is 0 Å². The van der Waals surface area contributed by atoms with Crippen molar-refractivity contribution in [2.45, 2.75) is 18.7 Å². The van der Waals surface area contributed by atoms with E-state index in [1.165, 1.54) is 6.20 Å². The van der Waals surface area contributed by atoms with Crippen LogP contribution in [0.5, 0.6) is 0 Å². The predicted molar refractivity (Wildman–Crippen MR) is 97.6 cm³/mol. The Morgan fingerprint density at radius 1 is 0.962 bits per heavy atom. The number of anilines is 2. The lowest BCUT2D eigenvalue weighted by Gasteiger charge is -2.09. The Kier molecular flexibility index (Phi) is 4.77. The first-order valence-electron chi connectivity index (χ1n) is 7.77. The van der Waals surface area contributed by atoms with Crippen LogP contribution >= 0.6 is 0 Å². The molecule has 0 aliphatic carbocycles. The largest absolute Gasteiger partial charge is 0.361 e. The quantitative estimate of drug-likeness (QED) is 0.716. The van der Waals surface area contributed by atoms with Crippen molar-refractivity contribution in [1.29, 1.82) is 0 Å². The molecule has 0 saturated heterocycles. The van der Waals surface area contributed by atoms with Gasteiger partial charge in [0.2, 0.25) is 0 Å². The van der Waals surface area contributed by atoms with E-state index in [0.717, 1.165) is 5.56 Å². The van der Waals surface area contributed by atoms with Crippen molar-refractivity contribution in [2.24, 2.45) is 0 Å². The highest BCUT2D eigenvalue weighted by Gasteiger charge is 2.15. The van der Waals surface area contributed by atoms with E-state index in [1.807, 2.05) is 6.92 Å². The molecule has 0 atom stereocenters. The summed E-state index contributed by atoms with van der Waals surface area (Å²) in [6.45, 7) is 3.53. The minimum absolute atomic E-state index is 0.184. The van der Waals surface area contributed by atoms with E-state index in [2.05, 4.69) is 15.2 Å². The second-order valence-corrected chi connectivity index (χ2v) is 7.43. The van der Waals surface area contributed by atoms with Gasteiger partial charge in [-0.1, -0.05) is 22.9 Å². The zero-order valence-corrected chi connectivity index (χ0v) is 15.0. The Morgan fingerprint density at radius 2 is 1.58 bits per heavy atom. The minimum Gasteiger partial charge on any atom is -0.361 e. The van der Waals surface area contributed by atoms with Crippen LogP contribution in [-0.4, -0.2) is 19.5 Å². The Hall–Kier alpha value is -3.13. The number of sulfonamides is 1. The molecule has 0 aliphatic heterocycles. The summed E-state index contributed by atoms with van der Waals surface area (Å²) in [7, 11) is -3.67. The fraction of sp³-hybridized carbons (Fsp3) is 0.111. The van der Waals surface area contributed by atoms with Gasteiger partial charge in [-0.05, 0) is 50.2 Å². The lowest BCUT2D eigenvalue weighted by Crippen LogP contribution is -2.14. The van der Waals surface area contributed by atoms with Crippen LogP contribution in [0.25, 0.3) is 0 Å². The van der Waals surface area contributed by atoms with Crippen LogP contribution in [0.4, 0.5) is 11.4 Å². The highest BCUT2D eigenvalue weighted by molar-refractivity contribution is 7.92. The number of carbonyl (C=O) groups excluding carboxylic acids is 1. The summed E-state index contributed by atoms with van der Waals surface area (Å²) in [5, 5.41) is 6.26. The van der Waals surface area contributed by atoms with E-state index in [9.17, 15) is 13.2 Å². The van der Waals surface area contributed by atoms with Crippen molar-refractivity contribution in [2.75, 3.05) is 10.0 Å². The molecule has 0 saturated carbocycles. The highest BCUT2D eigenvalue weighted by atomic mass is 32.2. The van der Waals surface area contributed by atoms with E-state index < -0.39 is 10.0 Å². The smallest absolute Gasteiger partial charge is 0.261 e. The van der Waals surface area contributed by atoms with Gasteiger partial charge >= 0.3 is 0 Å². The van der Waals surface area contributed by atoms with Gasteiger partial charge in [-0.3, -0.25) is 9.52 Å². The molecule has 1 heterocycles. The molecule has 134 valence electrons. The fourth-order valence-corrected chi connectivity index (χ4v) is 3.33. The zero-order chi connectivity index (χ0) is 18.7. The molecule has 0 bridgehead atoms. The second kappa shape index (κ2) is 7.01. The average molecular weight is 371 g/mol. The molecule has 3 aromatic rings. The number of hydrogen-bond donors (Lipinski definition) is 2. The van der Waals surface area contributed by atoms with Crippen molar-refractivity contribution in [3.8, 4) is 0 Å². The Morgan fingerprint density at radius 3 is 2.15 bits per heavy atom. The summed E-state index contributed by atoms with van der Waals surface area (Å²) in [5.74, 6) is 0.0710. The van der Waals surface area contributed by atoms with Crippen LogP contribution in [0.2, 0.25) is 0 Å². The van der Waals surface area contributed by atoms with E-state index in [4.69, 9.17) is 4.52 Å². The second-order valence-electron chi connectivity index (χ2n) is 5.75. The molecule has 7 nitrogen and oxygen atoms in total. The van der Waals surface area contributed by atoms with Crippen molar-refractivity contribution < 1.29 is 17.7 Å². The first-order valence-corrected chi connectivity index (χ1v) is 9.26. The first-order chi connectivity index (χ1) is 12.3. The monoisotopic (exact) mass is 371 g/mol. The van der Waals surface area contributed by atoms with Crippen molar-refractivity contribution in [1.82, 2.24) is 5.16 Å². The number of aromatic nitrogens is 1. The molecule has 1 amide bonds. The van der Waals surface area contributed by atoms with Gasteiger partial charge in [-0.2, -0.15) is 0 Å². The summed E-state index contributed by atoms with van der Waals surface area (Å²) >= 11 is 0. The number of amides is 1. The summed E-state index contributed by atoms with van der Waals surface area (Å²) in [6, 6.07) is 12.9. The van der Waals surface area contributed by atoms with Gasteiger partial charge < -0.3 is 9.84 Å². The standard InChI is InChI=1S/C18H17N3O4S/c1-12-3-9-16(10-4-12)26(23,24)21-15-7-5-14(6-8-15)20-18(22)17-11-19-25-13(17)2/h3-11,21H,1-2H3,(H,20,22). The molecule has 0 aliphatic rings. The van der Waals surface area contributed by atoms with E-state index >= 15 is 0 Å². The number of hydrogen-bond acceptors (Lipinski definition) is 5. The van der Waals surface area contributed by atoms with E-state index in [1.54, 1.807) is 55.5 Å². The van der Waals surface area contributed by atoms with Crippen LogP contribution in [0.15, 0.2) is 64.1 Å². The molecule has 26 heavy (non-hydrogen) atoms. The number of nitrogens with zero attached hydrogens (tertiary/aromatic N) is 1. The van der Waals surface area contributed by atoms with Gasteiger partial charge in [0, 0.05) is 11.4 Å². The summed E-state index contributed by atoms with van der Waals surface area (Å²) in [6.07, 6.45) is 1.34. The maximum absolute atomic E-state index is 12.4. The maximum atomic E-state index is 12.4. The van der Waals surface area contributed by atoms with Crippen molar-refractivity contribution in [3.05, 3.63) is 71.6 Å². The van der Waals surface area contributed by atoms with Crippen LogP contribution in [-0.2, 0) is 10.0 Å². The topological polar surface area (TPSA) is 101 Å². The Bertz CT molecular complexity index is 1020.